The summed E-state index contributed by atoms with van der Waals surface area (Å²) < 4.78 is 0. The van der Waals surface area contributed by atoms with Crippen molar-refractivity contribution in [1.29, 1.82) is 0 Å². The average Bonchev–Trinajstić information content (AvgIpc) is 2.19. The fraction of sp³-hybridized carbons (Fsp3) is 0.250. The molecule has 0 heterocycles. The Hall–Kier alpha value is -1.75. The van der Waals surface area contributed by atoms with Crippen LogP contribution in [0.4, 0.5) is 5.69 Å². The molecule has 0 fully saturated rings. The zero-order valence-corrected chi connectivity index (χ0v) is 8.42. The highest BCUT2D eigenvalue weighted by Crippen LogP contribution is 2.10. The molecule has 2 heteroatoms. The Labute approximate surface area is 84.3 Å². The van der Waals surface area contributed by atoms with Crippen LogP contribution < -0.4 is 5.32 Å². The first-order valence-corrected chi connectivity index (χ1v) is 4.48. The van der Waals surface area contributed by atoms with Crippen LogP contribution in [-0.2, 0) is 0 Å². The van der Waals surface area contributed by atoms with Crippen molar-refractivity contribution in [3.05, 3.63) is 29.8 Å². The van der Waals surface area contributed by atoms with Crippen LogP contribution in [0.2, 0.25) is 0 Å². The number of nitrogens with one attached hydrogen (secondary N) is 1. The summed E-state index contributed by atoms with van der Waals surface area (Å²) in [5.41, 5.74) is 1.65. The molecule has 0 aliphatic heterocycles. The second-order valence-electron chi connectivity index (χ2n) is 2.92. The maximum Gasteiger partial charge on any atom is 0.159 e. The summed E-state index contributed by atoms with van der Waals surface area (Å²) in [6.07, 6.45) is 0. The maximum absolute atomic E-state index is 11.1. The van der Waals surface area contributed by atoms with Gasteiger partial charge in [0.25, 0.3) is 0 Å². The Kier molecular flexibility index (Phi) is 3.75. The van der Waals surface area contributed by atoms with Crippen molar-refractivity contribution in [3.8, 4) is 11.8 Å². The molecule has 0 radical (unpaired) electrons. The van der Waals surface area contributed by atoms with E-state index in [9.17, 15) is 4.79 Å². The number of hydrogen-bond donors (Lipinski definition) is 1. The summed E-state index contributed by atoms with van der Waals surface area (Å²) in [5, 5.41) is 3.12. The number of benzene rings is 1. The number of ketones is 1. The molecular formula is C12H13NO. The fourth-order valence-electron chi connectivity index (χ4n) is 1.08. The lowest BCUT2D eigenvalue weighted by molar-refractivity contribution is 0.101. The van der Waals surface area contributed by atoms with E-state index in [4.69, 9.17) is 0 Å². The molecule has 0 aromatic heterocycles. The predicted molar refractivity (Wildman–Crippen MR) is 58.4 cm³/mol. The minimum Gasteiger partial charge on any atom is -0.374 e. The molecule has 14 heavy (non-hydrogen) atoms. The van der Waals surface area contributed by atoms with Crippen LogP contribution >= 0.6 is 0 Å². The van der Waals surface area contributed by atoms with Crippen LogP contribution in [0.25, 0.3) is 0 Å². The molecule has 0 amide bonds. The molecule has 0 aliphatic rings. The number of Topliss-reactive ketones (excluding diaryl/α,β-unsaturated/α-hetero) is 1. The Morgan fingerprint density at radius 1 is 1.50 bits per heavy atom. The molecule has 0 unspecified atom stereocenters. The highest BCUT2D eigenvalue weighted by atomic mass is 16.1. The van der Waals surface area contributed by atoms with E-state index in [-0.39, 0.29) is 5.78 Å². The highest BCUT2D eigenvalue weighted by Gasteiger charge is 1.98. The van der Waals surface area contributed by atoms with Crippen molar-refractivity contribution in [2.24, 2.45) is 0 Å². The van der Waals surface area contributed by atoms with Crippen molar-refractivity contribution in [3.63, 3.8) is 0 Å². The van der Waals surface area contributed by atoms with Crippen molar-refractivity contribution in [2.45, 2.75) is 13.8 Å². The van der Waals surface area contributed by atoms with Crippen LogP contribution in [0.15, 0.2) is 24.3 Å². The molecule has 0 saturated carbocycles. The van der Waals surface area contributed by atoms with Crippen LogP contribution in [-0.4, -0.2) is 12.3 Å². The summed E-state index contributed by atoms with van der Waals surface area (Å²) in [5.74, 6) is 5.77. The lowest BCUT2D eigenvalue weighted by Gasteiger charge is -2.03. The number of rotatable bonds is 3. The number of carbonyl (C=O) groups excluding carboxylic acids is 1. The molecule has 0 spiro atoms. The average molecular weight is 187 g/mol. The minimum atomic E-state index is 0.0789. The SMILES string of the molecule is CC#CCNc1cccc(C(C)=O)c1. The quantitative estimate of drug-likeness (QED) is 0.581. The number of hydrogen-bond acceptors (Lipinski definition) is 2. The Morgan fingerprint density at radius 3 is 2.93 bits per heavy atom. The van der Waals surface area contributed by atoms with E-state index in [0.29, 0.717) is 6.54 Å². The van der Waals surface area contributed by atoms with Gasteiger partial charge in [-0.1, -0.05) is 18.1 Å². The van der Waals surface area contributed by atoms with Crippen LogP contribution in [0.5, 0.6) is 0 Å². The summed E-state index contributed by atoms with van der Waals surface area (Å²) in [6, 6.07) is 7.42. The molecule has 1 aromatic carbocycles. The molecule has 0 saturated heterocycles. The van der Waals surface area contributed by atoms with Gasteiger partial charge in [0, 0.05) is 11.3 Å². The summed E-state index contributed by atoms with van der Waals surface area (Å²) in [4.78, 5) is 11.1. The van der Waals surface area contributed by atoms with Gasteiger partial charge in [0.05, 0.1) is 6.54 Å². The first-order chi connectivity index (χ1) is 6.74. The molecule has 72 valence electrons. The summed E-state index contributed by atoms with van der Waals surface area (Å²) in [7, 11) is 0. The molecule has 1 rings (SSSR count). The third-order valence-electron chi connectivity index (χ3n) is 1.83. The van der Waals surface area contributed by atoms with Gasteiger partial charge in [-0.05, 0) is 26.0 Å². The first-order valence-electron chi connectivity index (χ1n) is 4.48. The van der Waals surface area contributed by atoms with Gasteiger partial charge in [-0.2, -0.15) is 0 Å². The molecule has 0 atom stereocenters. The third kappa shape index (κ3) is 2.95. The van der Waals surface area contributed by atoms with Gasteiger partial charge in [-0.3, -0.25) is 4.79 Å². The second-order valence-corrected chi connectivity index (χ2v) is 2.92. The summed E-state index contributed by atoms with van der Waals surface area (Å²) in [6.45, 7) is 3.97. The van der Waals surface area contributed by atoms with E-state index in [1.165, 1.54) is 0 Å². The van der Waals surface area contributed by atoms with Crippen molar-refractivity contribution < 1.29 is 4.79 Å². The zero-order valence-electron chi connectivity index (χ0n) is 8.42. The topological polar surface area (TPSA) is 29.1 Å². The number of anilines is 1. The van der Waals surface area contributed by atoms with Gasteiger partial charge in [-0.15, -0.1) is 5.92 Å². The predicted octanol–water partition coefficient (Wildman–Crippen LogP) is 2.32. The Bertz CT molecular complexity index is 385. The van der Waals surface area contributed by atoms with Gasteiger partial charge in [0.1, 0.15) is 0 Å². The molecule has 0 aliphatic carbocycles. The molecule has 2 nitrogen and oxygen atoms in total. The smallest absolute Gasteiger partial charge is 0.159 e. The molecule has 1 N–H and O–H groups in total. The Morgan fingerprint density at radius 2 is 2.29 bits per heavy atom. The Balaban J connectivity index is 2.71. The second kappa shape index (κ2) is 5.08. The zero-order chi connectivity index (χ0) is 10.4. The van der Waals surface area contributed by atoms with Gasteiger partial charge in [-0.25, -0.2) is 0 Å². The summed E-state index contributed by atoms with van der Waals surface area (Å²) >= 11 is 0. The maximum atomic E-state index is 11.1. The molecule has 0 bridgehead atoms. The van der Waals surface area contributed by atoms with E-state index < -0.39 is 0 Å². The normalized spacial score (nSPS) is 8.71. The lowest BCUT2D eigenvalue weighted by Crippen LogP contribution is -2.00. The highest BCUT2D eigenvalue weighted by molar-refractivity contribution is 5.94. The standard InChI is InChI=1S/C12H13NO/c1-3-4-8-13-12-7-5-6-11(9-12)10(2)14/h5-7,9,13H,8H2,1-2H3. The number of carbonyl (C=O) groups is 1. The van der Waals surface area contributed by atoms with E-state index in [1.54, 1.807) is 19.9 Å². The van der Waals surface area contributed by atoms with E-state index in [2.05, 4.69) is 17.2 Å². The lowest BCUT2D eigenvalue weighted by atomic mass is 10.1. The molecule has 1 aromatic rings. The van der Waals surface area contributed by atoms with Crippen LogP contribution in [0.3, 0.4) is 0 Å². The van der Waals surface area contributed by atoms with Gasteiger partial charge >= 0.3 is 0 Å². The minimum absolute atomic E-state index is 0.0789. The van der Waals surface area contributed by atoms with E-state index in [1.807, 2.05) is 18.2 Å². The van der Waals surface area contributed by atoms with Crippen molar-refractivity contribution in [2.75, 3.05) is 11.9 Å². The first kappa shape index (κ1) is 10.3. The fourth-order valence-corrected chi connectivity index (χ4v) is 1.08. The van der Waals surface area contributed by atoms with Crippen LogP contribution in [0.1, 0.15) is 24.2 Å². The largest absolute Gasteiger partial charge is 0.374 e. The molecular weight excluding hydrogens is 174 g/mol. The van der Waals surface area contributed by atoms with Crippen molar-refractivity contribution >= 4 is 11.5 Å². The van der Waals surface area contributed by atoms with E-state index in [0.717, 1.165) is 11.3 Å². The van der Waals surface area contributed by atoms with Gasteiger partial charge < -0.3 is 5.32 Å². The van der Waals surface area contributed by atoms with E-state index >= 15 is 0 Å². The van der Waals surface area contributed by atoms with Crippen molar-refractivity contribution in [1.82, 2.24) is 0 Å². The monoisotopic (exact) mass is 187 g/mol. The van der Waals surface area contributed by atoms with Crippen LogP contribution in [0, 0.1) is 11.8 Å². The van der Waals surface area contributed by atoms with Gasteiger partial charge in [0.2, 0.25) is 0 Å². The van der Waals surface area contributed by atoms with Gasteiger partial charge in [0.15, 0.2) is 5.78 Å². The third-order valence-corrected chi connectivity index (χ3v) is 1.83.